The SMILES string of the molecule is Cc1nn(CC(=O)NCCCN(C)C)c2nccc(-c3cccs3)c12. The van der Waals surface area contributed by atoms with Crippen molar-refractivity contribution in [2.75, 3.05) is 27.2 Å². The number of nitrogens with one attached hydrogen (secondary N) is 1. The standard InChI is InChI=1S/C18H23N5OS/c1-13-17-14(15-6-4-11-25-15)7-9-20-18(17)23(21-13)12-16(24)19-8-5-10-22(2)3/h4,6-7,9,11H,5,8,10,12H2,1-3H3,(H,19,24). The van der Waals surface area contributed by atoms with Crippen molar-refractivity contribution in [3.05, 3.63) is 35.5 Å². The van der Waals surface area contributed by atoms with E-state index in [0.29, 0.717) is 6.54 Å². The van der Waals surface area contributed by atoms with Gasteiger partial charge in [-0.25, -0.2) is 9.67 Å². The molecule has 0 aliphatic carbocycles. The molecule has 0 bridgehead atoms. The van der Waals surface area contributed by atoms with Gasteiger partial charge in [0.25, 0.3) is 0 Å². The van der Waals surface area contributed by atoms with Crippen molar-refractivity contribution in [3.63, 3.8) is 0 Å². The van der Waals surface area contributed by atoms with Gasteiger partial charge in [0.05, 0.1) is 11.1 Å². The lowest BCUT2D eigenvalue weighted by Gasteiger charge is -2.10. The minimum absolute atomic E-state index is 0.0357. The summed E-state index contributed by atoms with van der Waals surface area (Å²) in [5.74, 6) is -0.0357. The van der Waals surface area contributed by atoms with Crippen molar-refractivity contribution in [2.24, 2.45) is 0 Å². The van der Waals surface area contributed by atoms with Crippen LogP contribution in [0.2, 0.25) is 0 Å². The lowest BCUT2D eigenvalue weighted by atomic mass is 10.1. The minimum atomic E-state index is -0.0357. The Morgan fingerprint density at radius 2 is 2.20 bits per heavy atom. The molecule has 3 aromatic heterocycles. The third kappa shape index (κ3) is 4.05. The van der Waals surface area contributed by atoms with E-state index in [1.54, 1.807) is 22.2 Å². The molecule has 0 aliphatic rings. The topological polar surface area (TPSA) is 63.1 Å². The summed E-state index contributed by atoms with van der Waals surface area (Å²) < 4.78 is 1.70. The molecule has 25 heavy (non-hydrogen) atoms. The predicted octanol–water partition coefficient (Wildman–Crippen LogP) is 2.54. The van der Waals surface area contributed by atoms with Crippen LogP contribution in [0.1, 0.15) is 12.1 Å². The van der Waals surface area contributed by atoms with Crippen LogP contribution in [-0.2, 0) is 11.3 Å². The summed E-state index contributed by atoms with van der Waals surface area (Å²) in [6, 6.07) is 6.13. The van der Waals surface area contributed by atoms with E-state index in [0.717, 1.165) is 35.3 Å². The van der Waals surface area contributed by atoms with Crippen molar-refractivity contribution in [3.8, 4) is 10.4 Å². The third-order valence-electron chi connectivity index (χ3n) is 3.99. The number of carbonyl (C=O) groups is 1. The molecule has 0 spiro atoms. The van der Waals surface area contributed by atoms with Gasteiger partial charge in [0.1, 0.15) is 6.54 Å². The van der Waals surface area contributed by atoms with E-state index >= 15 is 0 Å². The van der Waals surface area contributed by atoms with E-state index in [4.69, 9.17) is 0 Å². The number of hydrogen-bond donors (Lipinski definition) is 1. The molecular formula is C18H23N5OS. The van der Waals surface area contributed by atoms with Gasteiger partial charge in [-0.2, -0.15) is 5.10 Å². The average molecular weight is 357 g/mol. The van der Waals surface area contributed by atoms with Crippen LogP contribution < -0.4 is 5.32 Å². The first-order valence-corrected chi connectivity index (χ1v) is 9.21. The number of aromatic nitrogens is 3. The van der Waals surface area contributed by atoms with Gasteiger partial charge in [-0.1, -0.05) is 6.07 Å². The first kappa shape index (κ1) is 17.6. The van der Waals surface area contributed by atoms with E-state index in [9.17, 15) is 4.79 Å². The Bertz CT molecular complexity index is 854. The molecule has 1 N–H and O–H groups in total. The van der Waals surface area contributed by atoms with E-state index in [-0.39, 0.29) is 12.5 Å². The minimum Gasteiger partial charge on any atom is -0.354 e. The molecule has 0 atom stereocenters. The molecule has 6 nitrogen and oxygen atoms in total. The van der Waals surface area contributed by atoms with Gasteiger partial charge in [-0.3, -0.25) is 4.79 Å². The summed E-state index contributed by atoms with van der Waals surface area (Å²) in [4.78, 5) is 20.0. The van der Waals surface area contributed by atoms with Crippen molar-refractivity contribution in [1.29, 1.82) is 0 Å². The molecule has 3 aromatic rings. The molecule has 0 radical (unpaired) electrons. The summed E-state index contributed by atoms with van der Waals surface area (Å²) in [5.41, 5.74) is 2.77. The molecule has 0 aromatic carbocycles. The highest BCUT2D eigenvalue weighted by molar-refractivity contribution is 7.13. The van der Waals surface area contributed by atoms with Crippen LogP contribution in [0.25, 0.3) is 21.5 Å². The Balaban J connectivity index is 1.77. The second-order valence-electron chi connectivity index (χ2n) is 6.28. The van der Waals surface area contributed by atoms with E-state index in [1.807, 2.05) is 33.2 Å². The fourth-order valence-corrected chi connectivity index (χ4v) is 3.60. The van der Waals surface area contributed by atoms with Crippen molar-refractivity contribution < 1.29 is 4.79 Å². The van der Waals surface area contributed by atoms with Crippen LogP contribution in [0.5, 0.6) is 0 Å². The summed E-state index contributed by atoms with van der Waals surface area (Å²) >= 11 is 1.69. The van der Waals surface area contributed by atoms with Gasteiger partial charge in [0.2, 0.25) is 5.91 Å². The molecule has 1 amide bonds. The normalized spacial score (nSPS) is 11.4. The molecule has 0 saturated heterocycles. The molecule has 3 rings (SSSR count). The van der Waals surface area contributed by atoms with Crippen LogP contribution in [0, 0.1) is 6.92 Å². The maximum absolute atomic E-state index is 12.2. The van der Waals surface area contributed by atoms with Crippen molar-refractivity contribution >= 4 is 28.3 Å². The van der Waals surface area contributed by atoms with Crippen LogP contribution in [0.4, 0.5) is 0 Å². The number of aryl methyl sites for hydroxylation is 1. The summed E-state index contributed by atoms with van der Waals surface area (Å²) in [6.45, 7) is 3.78. The zero-order valence-electron chi connectivity index (χ0n) is 14.8. The second kappa shape index (κ2) is 7.76. The zero-order valence-corrected chi connectivity index (χ0v) is 15.6. The molecule has 3 heterocycles. The van der Waals surface area contributed by atoms with Gasteiger partial charge in [0.15, 0.2) is 5.65 Å². The van der Waals surface area contributed by atoms with Crippen LogP contribution in [-0.4, -0.2) is 52.8 Å². The van der Waals surface area contributed by atoms with Crippen molar-refractivity contribution in [2.45, 2.75) is 19.9 Å². The zero-order chi connectivity index (χ0) is 17.8. The molecule has 132 valence electrons. The Morgan fingerprint density at radius 3 is 2.92 bits per heavy atom. The summed E-state index contributed by atoms with van der Waals surface area (Å²) in [7, 11) is 4.05. The lowest BCUT2D eigenvalue weighted by Crippen LogP contribution is -2.30. The van der Waals surface area contributed by atoms with E-state index in [2.05, 4.69) is 31.7 Å². The number of nitrogens with zero attached hydrogens (tertiary/aromatic N) is 4. The molecular weight excluding hydrogens is 334 g/mol. The molecule has 0 aliphatic heterocycles. The molecule has 0 unspecified atom stereocenters. The van der Waals surface area contributed by atoms with Gasteiger partial charge >= 0.3 is 0 Å². The van der Waals surface area contributed by atoms with Gasteiger partial charge in [0, 0.05) is 23.2 Å². The molecule has 0 fully saturated rings. The monoisotopic (exact) mass is 357 g/mol. The quantitative estimate of drug-likeness (QED) is 0.660. The smallest absolute Gasteiger partial charge is 0.241 e. The highest BCUT2D eigenvalue weighted by atomic mass is 32.1. The maximum Gasteiger partial charge on any atom is 0.241 e. The highest BCUT2D eigenvalue weighted by Crippen LogP contribution is 2.32. The van der Waals surface area contributed by atoms with Gasteiger partial charge in [-0.15, -0.1) is 11.3 Å². The number of pyridine rings is 1. The number of carbonyl (C=O) groups excluding carboxylic acids is 1. The average Bonchev–Trinajstić information content (AvgIpc) is 3.21. The number of hydrogen-bond acceptors (Lipinski definition) is 5. The number of fused-ring (bicyclic) bond motifs is 1. The highest BCUT2D eigenvalue weighted by Gasteiger charge is 2.16. The summed E-state index contributed by atoms with van der Waals surface area (Å²) in [5, 5.41) is 10.6. The fourth-order valence-electron chi connectivity index (χ4n) is 2.84. The molecule has 7 heteroatoms. The first-order chi connectivity index (χ1) is 12.1. The molecule has 0 saturated carbocycles. The van der Waals surface area contributed by atoms with Gasteiger partial charge < -0.3 is 10.2 Å². The Morgan fingerprint density at radius 1 is 1.36 bits per heavy atom. The second-order valence-corrected chi connectivity index (χ2v) is 7.23. The lowest BCUT2D eigenvalue weighted by molar-refractivity contribution is -0.121. The third-order valence-corrected chi connectivity index (χ3v) is 4.90. The van der Waals surface area contributed by atoms with Crippen LogP contribution in [0.15, 0.2) is 29.8 Å². The largest absolute Gasteiger partial charge is 0.354 e. The van der Waals surface area contributed by atoms with Crippen LogP contribution in [0.3, 0.4) is 0 Å². The Labute approximate surface area is 151 Å². The Kier molecular flexibility index (Phi) is 5.45. The van der Waals surface area contributed by atoms with Crippen molar-refractivity contribution in [1.82, 2.24) is 25.0 Å². The number of rotatable bonds is 7. The maximum atomic E-state index is 12.2. The number of amides is 1. The fraction of sp³-hybridized carbons (Fsp3) is 0.389. The predicted molar refractivity (Wildman–Crippen MR) is 102 cm³/mol. The number of thiophene rings is 1. The summed E-state index contributed by atoms with van der Waals surface area (Å²) in [6.07, 6.45) is 2.71. The van der Waals surface area contributed by atoms with E-state index in [1.165, 1.54) is 4.88 Å². The first-order valence-electron chi connectivity index (χ1n) is 8.33. The van der Waals surface area contributed by atoms with E-state index < -0.39 is 0 Å². The van der Waals surface area contributed by atoms with Gasteiger partial charge in [-0.05, 0) is 51.5 Å². The van der Waals surface area contributed by atoms with Crippen LogP contribution >= 0.6 is 11.3 Å². The Hall–Kier alpha value is -2.25.